The minimum absolute atomic E-state index is 0.232. The van der Waals surface area contributed by atoms with Crippen molar-refractivity contribution in [1.29, 1.82) is 0 Å². The molecule has 0 atom stereocenters. The highest BCUT2D eigenvalue weighted by molar-refractivity contribution is 7.92. The van der Waals surface area contributed by atoms with Crippen molar-refractivity contribution in [2.75, 3.05) is 11.0 Å². The van der Waals surface area contributed by atoms with E-state index in [9.17, 15) is 13.2 Å². The Morgan fingerprint density at radius 2 is 1.91 bits per heavy atom. The lowest BCUT2D eigenvalue weighted by Crippen LogP contribution is -2.23. The van der Waals surface area contributed by atoms with Crippen molar-refractivity contribution >= 4 is 33.0 Å². The van der Waals surface area contributed by atoms with Gasteiger partial charge in [-0.1, -0.05) is 6.07 Å². The molecule has 0 aliphatic carbocycles. The van der Waals surface area contributed by atoms with Crippen LogP contribution in [0, 0.1) is 13.8 Å². The van der Waals surface area contributed by atoms with Gasteiger partial charge in [0, 0.05) is 10.4 Å². The van der Waals surface area contributed by atoms with Gasteiger partial charge in [-0.3, -0.25) is 9.52 Å². The van der Waals surface area contributed by atoms with E-state index in [1.54, 1.807) is 36.5 Å². The summed E-state index contributed by atoms with van der Waals surface area (Å²) in [7, 11) is -3.38. The Hall–Kier alpha value is -1.86. The van der Waals surface area contributed by atoms with Crippen molar-refractivity contribution < 1.29 is 13.2 Å². The van der Waals surface area contributed by atoms with Crippen molar-refractivity contribution in [2.45, 2.75) is 20.4 Å². The average Bonchev–Trinajstić information content (AvgIpc) is 2.82. The molecular weight excluding hydrogens is 320 g/mol. The predicted molar refractivity (Wildman–Crippen MR) is 89.9 cm³/mol. The summed E-state index contributed by atoms with van der Waals surface area (Å²) in [6, 6.07) is 6.96. The van der Waals surface area contributed by atoms with Gasteiger partial charge in [-0.15, -0.1) is 11.3 Å². The molecule has 2 aromatic rings. The Morgan fingerprint density at radius 1 is 1.18 bits per heavy atom. The highest BCUT2D eigenvalue weighted by Gasteiger charge is 2.11. The Morgan fingerprint density at radius 3 is 2.50 bits per heavy atom. The fourth-order valence-electron chi connectivity index (χ4n) is 1.92. The van der Waals surface area contributed by atoms with Crippen molar-refractivity contribution in [3.05, 3.63) is 51.2 Å². The summed E-state index contributed by atoms with van der Waals surface area (Å²) in [5.74, 6) is -0.232. The largest absolute Gasteiger partial charge is 0.347 e. The van der Waals surface area contributed by atoms with E-state index in [0.717, 1.165) is 22.3 Å². The van der Waals surface area contributed by atoms with Gasteiger partial charge in [0.2, 0.25) is 10.0 Å². The second-order valence-corrected chi connectivity index (χ2v) is 7.86. The van der Waals surface area contributed by atoms with Crippen molar-refractivity contribution in [3.63, 3.8) is 0 Å². The molecule has 118 valence electrons. The second kappa shape index (κ2) is 6.50. The summed E-state index contributed by atoms with van der Waals surface area (Å²) in [4.78, 5) is 13.3. The van der Waals surface area contributed by atoms with Gasteiger partial charge >= 0.3 is 0 Å². The number of aryl methyl sites for hydroxylation is 2. The molecule has 1 aromatic carbocycles. The summed E-state index contributed by atoms with van der Waals surface area (Å²) in [5, 5.41) is 4.83. The molecule has 0 aliphatic rings. The van der Waals surface area contributed by atoms with Crippen LogP contribution < -0.4 is 10.0 Å². The van der Waals surface area contributed by atoms with Crippen molar-refractivity contribution in [1.82, 2.24) is 5.32 Å². The molecule has 0 aliphatic heterocycles. The molecule has 1 heterocycles. The number of nitrogens with one attached hydrogen (secondary N) is 2. The molecule has 2 rings (SSSR count). The lowest BCUT2D eigenvalue weighted by atomic mass is 10.1. The molecule has 0 spiro atoms. The Kier molecular flexibility index (Phi) is 4.87. The number of carbonyl (C=O) groups is 1. The van der Waals surface area contributed by atoms with Gasteiger partial charge in [0.1, 0.15) is 0 Å². The van der Waals surface area contributed by atoms with Gasteiger partial charge in [0.25, 0.3) is 5.91 Å². The quantitative estimate of drug-likeness (QED) is 0.880. The summed E-state index contributed by atoms with van der Waals surface area (Å²) < 4.78 is 25.1. The minimum atomic E-state index is -3.38. The number of carbonyl (C=O) groups excluding carboxylic acids is 1. The van der Waals surface area contributed by atoms with E-state index < -0.39 is 10.0 Å². The molecule has 7 heteroatoms. The highest BCUT2D eigenvalue weighted by Crippen LogP contribution is 2.19. The molecule has 0 saturated heterocycles. The smallest absolute Gasteiger partial charge is 0.251 e. The maximum atomic E-state index is 12.2. The molecule has 0 radical (unpaired) electrons. The topological polar surface area (TPSA) is 75.3 Å². The van der Waals surface area contributed by atoms with Crippen LogP contribution in [0.25, 0.3) is 0 Å². The number of thiophene rings is 1. The van der Waals surface area contributed by atoms with E-state index >= 15 is 0 Å². The first-order valence-corrected chi connectivity index (χ1v) is 9.43. The summed E-state index contributed by atoms with van der Waals surface area (Å²) in [5.41, 5.74) is 2.75. The zero-order chi connectivity index (χ0) is 16.3. The van der Waals surface area contributed by atoms with Crippen LogP contribution in [0.3, 0.4) is 0 Å². The number of benzene rings is 1. The maximum absolute atomic E-state index is 12.2. The first kappa shape index (κ1) is 16.5. The lowest BCUT2D eigenvalue weighted by molar-refractivity contribution is 0.0951. The molecule has 1 aromatic heterocycles. The van der Waals surface area contributed by atoms with Gasteiger partial charge in [0.05, 0.1) is 18.5 Å². The van der Waals surface area contributed by atoms with Crippen LogP contribution in [0.15, 0.2) is 29.6 Å². The van der Waals surface area contributed by atoms with E-state index in [2.05, 4.69) is 10.0 Å². The third kappa shape index (κ3) is 4.32. The standard InChI is InChI=1S/C15H18N2O3S2/c1-10-4-5-12(8-13(10)17-22(3,19)20)15(18)16-9-14-11(2)6-7-21-14/h4-8,17H,9H2,1-3H3,(H,16,18). The fraction of sp³-hybridized carbons (Fsp3) is 0.267. The van der Waals surface area contributed by atoms with Crippen LogP contribution >= 0.6 is 11.3 Å². The fourth-order valence-corrected chi connectivity index (χ4v) is 3.39. The molecule has 2 N–H and O–H groups in total. The number of rotatable bonds is 5. The zero-order valence-electron chi connectivity index (χ0n) is 12.6. The van der Waals surface area contributed by atoms with Gasteiger partial charge < -0.3 is 5.32 Å². The normalized spacial score (nSPS) is 11.2. The number of amides is 1. The predicted octanol–water partition coefficient (Wildman–Crippen LogP) is 2.67. The van der Waals surface area contributed by atoms with Gasteiger partial charge in [-0.2, -0.15) is 0 Å². The van der Waals surface area contributed by atoms with Crippen LogP contribution in [0.2, 0.25) is 0 Å². The first-order chi connectivity index (χ1) is 10.3. The third-order valence-electron chi connectivity index (χ3n) is 3.17. The van der Waals surface area contributed by atoms with Gasteiger partial charge in [-0.05, 0) is 48.6 Å². The number of hydrogen-bond donors (Lipinski definition) is 2. The Balaban J connectivity index is 2.13. The van der Waals surface area contributed by atoms with E-state index in [1.165, 1.54) is 0 Å². The van der Waals surface area contributed by atoms with Crippen molar-refractivity contribution in [3.8, 4) is 0 Å². The van der Waals surface area contributed by atoms with Crippen LogP contribution in [0.5, 0.6) is 0 Å². The molecule has 0 bridgehead atoms. The highest BCUT2D eigenvalue weighted by atomic mass is 32.2. The zero-order valence-corrected chi connectivity index (χ0v) is 14.3. The third-order valence-corrected chi connectivity index (χ3v) is 4.79. The Bertz CT molecular complexity index is 795. The molecule has 0 unspecified atom stereocenters. The average molecular weight is 338 g/mol. The maximum Gasteiger partial charge on any atom is 0.251 e. The van der Waals surface area contributed by atoms with Crippen LogP contribution in [-0.2, 0) is 16.6 Å². The van der Waals surface area contributed by atoms with Gasteiger partial charge in [0.15, 0.2) is 0 Å². The molecule has 0 saturated carbocycles. The second-order valence-electron chi connectivity index (χ2n) is 5.11. The van der Waals surface area contributed by atoms with E-state index in [4.69, 9.17) is 0 Å². The van der Waals surface area contributed by atoms with E-state index in [1.807, 2.05) is 18.4 Å². The van der Waals surface area contributed by atoms with Crippen LogP contribution in [0.4, 0.5) is 5.69 Å². The molecule has 22 heavy (non-hydrogen) atoms. The SMILES string of the molecule is Cc1ccc(C(=O)NCc2sccc2C)cc1NS(C)(=O)=O. The van der Waals surface area contributed by atoms with E-state index in [0.29, 0.717) is 17.8 Å². The van der Waals surface area contributed by atoms with E-state index in [-0.39, 0.29) is 5.91 Å². The summed E-state index contributed by atoms with van der Waals surface area (Å²) in [6.07, 6.45) is 1.08. The Labute approximate surface area is 134 Å². The molecule has 5 nitrogen and oxygen atoms in total. The molecule has 0 fully saturated rings. The molecule has 1 amide bonds. The summed E-state index contributed by atoms with van der Waals surface area (Å²) in [6.45, 7) is 4.24. The first-order valence-electron chi connectivity index (χ1n) is 6.66. The van der Waals surface area contributed by atoms with Gasteiger partial charge in [-0.25, -0.2) is 8.42 Å². The monoisotopic (exact) mass is 338 g/mol. The van der Waals surface area contributed by atoms with Crippen molar-refractivity contribution in [2.24, 2.45) is 0 Å². The minimum Gasteiger partial charge on any atom is -0.347 e. The number of sulfonamides is 1. The van der Waals surface area contributed by atoms with Crippen LogP contribution in [0.1, 0.15) is 26.4 Å². The summed E-state index contributed by atoms with van der Waals surface area (Å²) >= 11 is 1.59. The molecular formula is C15H18N2O3S2. The van der Waals surface area contributed by atoms with Crippen LogP contribution in [-0.4, -0.2) is 20.6 Å². The number of anilines is 1. The lowest BCUT2D eigenvalue weighted by Gasteiger charge is -2.10. The number of hydrogen-bond acceptors (Lipinski definition) is 4.